The quantitative estimate of drug-likeness (QED) is 0.836. The number of amides is 2. The Labute approximate surface area is 162 Å². The Balaban J connectivity index is 1.18. The number of nitrogens with one attached hydrogen (secondary N) is 2. The van der Waals surface area contributed by atoms with Crippen LogP contribution in [-0.2, 0) is 6.54 Å². The number of nitrogens with zero attached hydrogens (tertiary/aromatic N) is 3. The molecule has 1 saturated carbocycles. The van der Waals surface area contributed by atoms with Crippen LogP contribution in [0.1, 0.15) is 56.9 Å². The van der Waals surface area contributed by atoms with E-state index in [1.807, 2.05) is 6.20 Å². The van der Waals surface area contributed by atoms with E-state index >= 15 is 0 Å². The number of likely N-dealkylation sites (tertiary alicyclic amines) is 1. The monoisotopic (exact) mass is 371 g/mol. The molecule has 2 saturated heterocycles. The number of aromatic nitrogens is 1. The molecule has 0 spiro atoms. The lowest BCUT2D eigenvalue weighted by Crippen LogP contribution is -2.48. The second-order valence-electron chi connectivity index (χ2n) is 8.29. The average Bonchev–Trinajstić information content (AvgIpc) is 3.54. The smallest absolute Gasteiger partial charge is 0.315 e. The Morgan fingerprint density at radius 3 is 2.37 bits per heavy atom. The Kier molecular flexibility index (Phi) is 6.12. The van der Waals surface area contributed by atoms with Crippen LogP contribution in [0.4, 0.5) is 10.6 Å². The zero-order chi connectivity index (χ0) is 18.5. The number of urea groups is 1. The zero-order valence-electron chi connectivity index (χ0n) is 16.3. The maximum Gasteiger partial charge on any atom is 0.315 e. The molecule has 2 N–H and O–H groups in total. The molecule has 1 aliphatic carbocycles. The van der Waals surface area contributed by atoms with Crippen molar-refractivity contribution in [3.05, 3.63) is 23.9 Å². The maximum absolute atomic E-state index is 12.2. The molecule has 6 nitrogen and oxygen atoms in total. The van der Waals surface area contributed by atoms with Crippen molar-refractivity contribution in [3.8, 4) is 0 Å². The molecule has 1 aromatic rings. The van der Waals surface area contributed by atoms with E-state index in [0.29, 0.717) is 12.6 Å². The molecule has 3 fully saturated rings. The molecular formula is C21H33N5O. The largest absolute Gasteiger partial charge is 0.357 e. The molecule has 4 rings (SSSR count). The highest BCUT2D eigenvalue weighted by molar-refractivity contribution is 5.74. The fourth-order valence-electron chi connectivity index (χ4n) is 4.28. The predicted octanol–water partition coefficient (Wildman–Crippen LogP) is 2.89. The summed E-state index contributed by atoms with van der Waals surface area (Å²) >= 11 is 0. The Bertz CT molecular complexity index is 600. The summed E-state index contributed by atoms with van der Waals surface area (Å²) in [6, 6.07) is 5.26. The molecule has 0 unspecified atom stereocenters. The molecule has 27 heavy (non-hydrogen) atoms. The number of rotatable bonds is 5. The van der Waals surface area contributed by atoms with Gasteiger partial charge in [0.15, 0.2) is 0 Å². The number of carbonyl (C=O) groups excluding carboxylic acids is 1. The molecule has 0 aromatic carbocycles. The van der Waals surface area contributed by atoms with Crippen LogP contribution in [-0.4, -0.2) is 54.2 Å². The molecule has 2 aliphatic heterocycles. The van der Waals surface area contributed by atoms with Gasteiger partial charge in [-0.25, -0.2) is 9.78 Å². The van der Waals surface area contributed by atoms with Crippen molar-refractivity contribution in [3.63, 3.8) is 0 Å². The first-order valence-electron chi connectivity index (χ1n) is 10.8. The summed E-state index contributed by atoms with van der Waals surface area (Å²) in [6.45, 7) is 4.98. The molecule has 0 bridgehead atoms. The lowest BCUT2D eigenvalue weighted by atomic mass is 10.1. The lowest BCUT2D eigenvalue weighted by molar-refractivity contribution is 0.186. The number of anilines is 1. The van der Waals surface area contributed by atoms with Crippen molar-refractivity contribution in [2.45, 2.75) is 70.0 Å². The van der Waals surface area contributed by atoms with Crippen LogP contribution in [0.2, 0.25) is 0 Å². The third-order valence-corrected chi connectivity index (χ3v) is 6.12. The average molecular weight is 372 g/mol. The first kappa shape index (κ1) is 18.5. The highest BCUT2D eigenvalue weighted by atomic mass is 16.2. The second kappa shape index (κ2) is 8.91. The van der Waals surface area contributed by atoms with E-state index in [1.165, 1.54) is 38.5 Å². The normalized spacial score (nSPS) is 22.3. The van der Waals surface area contributed by atoms with Crippen LogP contribution < -0.4 is 15.5 Å². The van der Waals surface area contributed by atoms with Gasteiger partial charge in [-0.15, -0.1) is 0 Å². The van der Waals surface area contributed by atoms with Crippen molar-refractivity contribution >= 4 is 11.8 Å². The minimum atomic E-state index is -0.0588. The van der Waals surface area contributed by atoms with Gasteiger partial charge < -0.3 is 20.4 Å². The lowest BCUT2D eigenvalue weighted by Gasteiger charge is -2.32. The van der Waals surface area contributed by atoms with Crippen molar-refractivity contribution in [1.82, 2.24) is 20.5 Å². The van der Waals surface area contributed by atoms with Crippen molar-refractivity contribution < 1.29 is 4.79 Å². The zero-order valence-corrected chi connectivity index (χ0v) is 16.3. The minimum Gasteiger partial charge on any atom is -0.357 e. The summed E-state index contributed by atoms with van der Waals surface area (Å²) < 4.78 is 0. The highest BCUT2D eigenvalue weighted by Gasteiger charge is 2.32. The van der Waals surface area contributed by atoms with Crippen LogP contribution >= 0.6 is 0 Å². The summed E-state index contributed by atoms with van der Waals surface area (Å²) in [4.78, 5) is 21.8. The summed E-state index contributed by atoms with van der Waals surface area (Å²) in [6.07, 6.45) is 11.9. The van der Waals surface area contributed by atoms with Gasteiger partial charge in [0.2, 0.25) is 0 Å². The Morgan fingerprint density at radius 1 is 1.00 bits per heavy atom. The summed E-state index contributed by atoms with van der Waals surface area (Å²) in [5, 5.41) is 6.12. The molecule has 3 aliphatic rings. The topological polar surface area (TPSA) is 60.5 Å². The van der Waals surface area contributed by atoms with Gasteiger partial charge in [0, 0.05) is 51.0 Å². The SMILES string of the molecule is O=C(NCc1ccc(N2CCCCCC2)nc1)NC1CCN(C2CC2)CC1. The van der Waals surface area contributed by atoms with E-state index in [9.17, 15) is 4.79 Å². The number of hydrogen-bond donors (Lipinski definition) is 2. The van der Waals surface area contributed by atoms with Crippen LogP contribution in [0.15, 0.2) is 18.3 Å². The minimum absolute atomic E-state index is 0.0588. The molecule has 3 heterocycles. The summed E-state index contributed by atoms with van der Waals surface area (Å²) in [5.74, 6) is 1.06. The van der Waals surface area contributed by atoms with E-state index in [0.717, 1.165) is 56.4 Å². The number of carbonyl (C=O) groups is 1. The van der Waals surface area contributed by atoms with Gasteiger partial charge in [-0.3, -0.25) is 0 Å². The Hall–Kier alpha value is -1.82. The van der Waals surface area contributed by atoms with Gasteiger partial charge in [-0.2, -0.15) is 0 Å². The molecule has 2 amide bonds. The molecule has 6 heteroatoms. The van der Waals surface area contributed by atoms with Crippen LogP contribution in [0.3, 0.4) is 0 Å². The fourth-order valence-corrected chi connectivity index (χ4v) is 4.28. The first-order chi connectivity index (χ1) is 13.3. The molecule has 1 aromatic heterocycles. The van der Waals surface area contributed by atoms with Gasteiger partial charge in [0.25, 0.3) is 0 Å². The van der Waals surface area contributed by atoms with Crippen molar-refractivity contribution in [2.24, 2.45) is 0 Å². The molecule has 0 radical (unpaired) electrons. The van der Waals surface area contributed by atoms with E-state index < -0.39 is 0 Å². The van der Waals surface area contributed by atoms with Gasteiger partial charge in [0.05, 0.1) is 0 Å². The van der Waals surface area contributed by atoms with Gasteiger partial charge in [-0.1, -0.05) is 18.9 Å². The van der Waals surface area contributed by atoms with Gasteiger partial charge in [0.1, 0.15) is 5.82 Å². The van der Waals surface area contributed by atoms with Crippen molar-refractivity contribution in [2.75, 3.05) is 31.1 Å². The molecule has 148 valence electrons. The van der Waals surface area contributed by atoms with Gasteiger partial charge >= 0.3 is 6.03 Å². The number of pyridine rings is 1. The standard InChI is InChI=1S/C21H33N5O/c27-21(24-18-9-13-25(14-10-18)19-6-7-19)23-16-17-5-8-20(22-15-17)26-11-3-1-2-4-12-26/h5,8,15,18-19H,1-4,6-7,9-14,16H2,(H2,23,24,27). The number of hydrogen-bond acceptors (Lipinski definition) is 4. The third kappa shape index (κ3) is 5.34. The predicted molar refractivity (Wildman–Crippen MR) is 108 cm³/mol. The van der Waals surface area contributed by atoms with Crippen molar-refractivity contribution in [1.29, 1.82) is 0 Å². The maximum atomic E-state index is 12.2. The van der Waals surface area contributed by atoms with E-state index in [2.05, 4.69) is 37.6 Å². The first-order valence-corrected chi connectivity index (χ1v) is 10.8. The summed E-state index contributed by atoms with van der Waals surface area (Å²) in [5.41, 5.74) is 1.05. The van der Waals surface area contributed by atoms with Crippen LogP contribution in [0.5, 0.6) is 0 Å². The molecular weight excluding hydrogens is 338 g/mol. The van der Waals surface area contributed by atoms with E-state index in [1.54, 1.807) is 0 Å². The Morgan fingerprint density at radius 2 is 1.74 bits per heavy atom. The van der Waals surface area contributed by atoms with E-state index in [4.69, 9.17) is 0 Å². The van der Waals surface area contributed by atoms with E-state index in [-0.39, 0.29) is 6.03 Å². The second-order valence-corrected chi connectivity index (χ2v) is 8.29. The van der Waals surface area contributed by atoms with Crippen LogP contribution in [0, 0.1) is 0 Å². The van der Waals surface area contributed by atoms with Gasteiger partial charge in [-0.05, 0) is 50.2 Å². The van der Waals surface area contributed by atoms with Crippen LogP contribution in [0.25, 0.3) is 0 Å². The number of piperidine rings is 1. The fraction of sp³-hybridized carbons (Fsp3) is 0.714. The summed E-state index contributed by atoms with van der Waals surface area (Å²) in [7, 11) is 0. The third-order valence-electron chi connectivity index (χ3n) is 6.12. The highest BCUT2D eigenvalue weighted by Crippen LogP contribution is 2.29. The molecule has 0 atom stereocenters.